The largest absolute Gasteiger partial charge is 0.371 e. The molecule has 0 amide bonds. The summed E-state index contributed by atoms with van der Waals surface area (Å²) in [4.78, 5) is 13.3. The van der Waals surface area contributed by atoms with Gasteiger partial charge in [0.25, 0.3) is 0 Å². The van der Waals surface area contributed by atoms with E-state index < -0.39 is 9.84 Å². The zero-order valence-electron chi connectivity index (χ0n) is 10.4. The summed E-state index contributed by atoms with van der Waals surface area (Å²) in [5.41, 5.74) is 0.981. The number of hydrogen-bond donors (Lipinski definition) is 0. The molecule has 0 aromatic heterocycles. The van der Waals surface area contributed by atoms with Gasteiger partial charge in [0.2, 0.25) is 0 Å². The van der Waals surface area contributed by atoms with Crippen LogP contribution in [0.3, 0.4) is 0 Å². The highest BCUT2D eigenvalue weighted by molar-refractivity contribution is 7.90. The van der Waals surface area contributed by atoms with E-state index in [0.29, 0.717) is 4.90 Å². The van der Waals surface area contributed by atoms with Gasteiger partial charge in [-0.1, -0.05) is 0 Å². The van der Waals surface area contributed by atoms with Crippen molar-refractivity contribution in [2.24, 2.45) is 5.92 Å². The number of anilines is 1. The molecule has 0 N–H and O–H groups in total. The molecule has 1 aromatic rings. The average molecular weight is 267 g/mol. The molecule has 4 nitrogen and oxygen atoms in total. The Hall–Kier alpha value is -1.36. The van der Waals surface area contributed by atoms with Crippen LogP contribution in [0.25, 0.3) is 0 Å². The molecule has 1 saturated heterocycles. The first-order chi connectivity index (χ1) is 8.50. The van der Waals surface area contributed by atoms with Crippen LogP contribution in [0.15, 0.2) is 29.2 Å². The molecule has 0 bridgehead atoms. The molecule has 0 aliphatic carbocycles. The van der Waals surface area contributed by atoms with Gasteiger partial charge in [-0.2, -0.15) is 0 Å². The van der Waals surface area contributed by atoms with Crippen molar-refractivity contribution < 1.29 is 13.2 Å². The molecule has 2 rings (SSSR count). The van der Waals surface area contributed by atoms with Gasteiger partial charge in [0.15, 0.2) is 9.84 Å². The van der Waals surface area contributed by atoms with Gasteiger partial charge in [-0.25, -0.2) is 8.42 Å². The first-order valence-corrected chi connectivity index (χ1v) is 7.90. The Kier molecular flexibility index (Phi) is 3.71. The number of sulfone groups is 1. The molecule has 1 heterocycles. The molecule has 0 spiro atoms. The van der Waals surface area contributed by atoms with Crippen LogP contribution in [0.1, 0.15) is 12.8 Å². The SMILES string of the molecule is CS(=O)(=O)c1ccc(N2CCCC(C=O)C2)cc1. The van der Waals surface area contributed by atoms with E-state index in [4.69, 9.17) is 0 Å². The molecular formula is C13H17NO3S. The van der Waals surface area contributed by atoms with Crippen molar-refractivity contribution in [3.8, 4) is 0 Å². The average Bonchev–Trinajstić information content (AvgIpc) is 2.38. The van der Waals surface area contributed by atoms with Gasteiger partial charge < -0.3 is 9.69 Å². The number of aldehydes is 1. The number of carbonyl (C=O) groups excluding carboxylic acids is 1. The zero-order valence-corrected chi connectivity index (χ0v) is 11.2. The molecule has 1 aliphatic heterocycles. The van der Waals surface area contributed by atoms with Crippen molar-refractivity contribution >= 4 is 21.8 Å². The Morgan fingerprint density at radius 3 is 2.50 bits per heavy atom. The Bertz CT molecular complexity index is 522. The summed E-state index contributed by atoms with van der Waals surface area (Å²) in [5, 5.41) is 0. The highest BCUT2D eigenvalue weighted by Crippen LogP contribution is 2.23. The van der Waals surface area contributed by atoms with Crippen molar-refractivity contribution in [3.05, 3.63) is 24.3 Å². The number of carbonyl (C=O) groups is 1. The predicted octanol–water partition coefficient (Wildman–Crippen LogP) is 1.51. The zero-order chi connectivity index (χ0) is 13.2. The molecule has 18 heavy (non-hydrogen) atoms. The van der Waals surface area contributed by atoms with Crippen LogP contribution in [-0.2, 0) is 14.6 Å². The molecule has 1 fully saturated rings. The fourth-order valence-corrected chi connectivity index (χ4v) is 2.89. The molecule has 1 aliphatic rings. The maximum atomic E-state index is 11.4. The smallest absolute Gasteiger partial charge is 0.175 e. The summed E-state index contributed by atoms with van der Waals surface area (Å²) < 4.78 is 22.7. The predicted molar refractivity (Wildman–Crippen MR) is 70.6 cm³/mol. The fourth-order valence-electron chi connectivity index (χ4n) is 2.26. The van der Waals surface area contributed by atoms with Crippen LogP contribution in [0.4, 0.5) is 5.69 Å². The molecular weight excluding hydrogens is 250 g/mol. The second-order valence-corrected chi connectivity index (χ2v) is 6.77. The van der Waals surface area contributed by atoms with Gasteiger partial charge in [-0.15, -0.1) is 0 Å². The topological polar surface area (TPSA) is 54.5 Å². The molecule has 1 aromatic carbocycles. The summed E-state index contributed by atoms with van der Waals surface area (Å²) in [6.07, 6.45) is 4.15. The highest BCUT2D eigenvalue weighted by atomic mass is 32.2. The Balaban J connectivity index is 2.17. The fraction of sp³-hybridized carbons (Fsp3) is 0.462. The Morgan fingerprint density at radius 1 is 1.28 bits per heavy atom. The van der Waals surface area contributed by atoms with Crippen LogP contribution >= 0.6 is 0 Å². The summed E-state index contributed by atoms with van der Waals surface area (Å²) >= 11 is 0. The van der Waals surface area contributed by atoms with Gasteiger partial charge in [0, 0.05) is 31.0 Å². The van der Waals surface area contributed by atoms with E-state index in [1.54, 1.807) is 12.1 Å². The minimum absolute atomic E-state index is 0.0911. The molecule has 1 atom stereocenters. The van der Waals surface area contributed by atoms with Gasteiger partial charge in [-0.05, 0) is 37.1 Å². The second kappa shape index (κ2) is 5.10. The summed E-state index contributed by atoms with van der Waals surface area (Å²) in [5.74, 6) is 0.0911. The number of benzene rings is 1. The van der Waals surface area contributed by atoms with Crippen LogP contribution in [0.2, 0.25) is 0 Å². The maximum Gasteiger partial charge on any atom is 0.175 e. The van der Waals surface area contributed by atoms with Crippen LogP contribution in [0.5, 0.6) is 0 Å². The third-order valence-corrected chi connectivity index (χ3v) is 4.41. The van der Waals surface area contributed by atoms with Crippen molar-refractivity contribution in [1.29, 1.82) is 0 Å². The molecule has 1 unspecified atom stereocenters. The lowest BCUT2D eigenvalue weighted by molar-refractivity contribution is -0.111. The molecule has 98 valence electrons. The first kappa shape index (κ1) is 13.1. The normalized spacial score (nSPS) is 20.7. The van der Waals surface area contributed by atoms with Gasteiger partial charge in [-0.3, -0.25) is 0 Å². The number of hydrogen-bond acceptors (Lipinski definition) is 4. The van der Waals surface area contributed by atoms with E-state index in [9.17, 15) is 13.2 Å². The van der Waals surface area contributed by atoms with Gasteiger partial charge in [0.05, 0.1) is 4.90 Å². The first-order valence-electron chi connectivity index (χ1n) is 6.01. The van der Waals surface area contributed by atoms with Gasteiger partial charge >= 0.3 is 0 Å². The second-order valence-electron chi connectivity index (χ2n) is 4.75. The minimum atomic E-state index is -3.14. The van der Waals surface area contributed by atoms with Crippen LogP contribution in [-0.4, -0.2) is 34.0 Å². The lowest BCUT2D eigenvalue weighted by Crippen LogP contribution is -2.35. The molecule has 0 radical (unpaired) electrons. The lowest BCUT2D eigenvalue weighted by Gasteiger charge is -2.32. The molecule has 5 heteroatoms. The third kappa shape index (κ3) is 2.90. The van der Waals surface area contributed by atoms with Gasteiger partial charge in [0.1, 0.15) is 6.29 Å². The monoisotopic (exact) mass is 267 g/mol. The number of nitrogens with zero attached hydrogens (tertiary/aromatic N) is 1. The van der Waals surface area contributed by atoms with Crippen molar-refractivity contribution in [2.75, 3.05) is 24.2 Å². The van der Waals surface area contributed by atoms with E-state index in [2.05, 4.69) is 4.90 Å². The van der Waals surface area contributed by atoms with E-state index in [1.165, 1.54) is 6.26 Å². The Labute approximate surface area is 108 Å². The summed E-state index contributed by atoms with van der Waals surface area (Å²) in [7, 11) is -3.14. The van der Waals surface area contributed by atoms with Crippen LogP contribution in [0, 0.1) is 5.92 Å². The number of rotatable bonds is 3. The lowest BCUT2D eigenvalue weighted by atomic mass is 9.99. The minimum Gasteiger partial charge on any atom is -0.371 e. The van der Waals surface area contributed by atoms with E-state index >= 15 is 0 Å². The standard InChI is InChI=1S/C13H17NO3S/c1-18(16,17)13-6-4-12(5-7-13)14-8-2-3-11(9-14)10-15/h4-7,10-11H,2-3,8-9H2,1H3. The Morgan fingerprint density at radius 2 is 1.94 bits per heavy atom. The van der Waals surface area contributed by atoms with Crippen LogP contribution < -0.4 is 4.90 Å². The third-order valence-electron chi connectivity index (χ3n) is 3.28. The number of piperidine rings is 1. The van der Waals surface area contributed by atoms with Crippen molar-refractivity contribution in [1.82, 2.24) is 0 Å². The summed E-state index contributed by atoms with van der Waals surface area (Å²) in [6.45, 7) is 1.64. The van der Waals surface area contributed by atoms with Crippen molar-refractivity contribution in [2.45, 2.75) is 17.7 Å². The quantitative estimate of drug-likeness (QED) is 0.779. The van der Waals surface area contributed by atoms with Crippen molar-refractivity contribution in [3.63, 3.8) is 0 Å². The highest BCUT2D eigenvalue weighted by Gasteiger charge is 2.19. The van der Waals surface area contributed by atoms with E-state index in [-0.39, 0.29) is 5.92 Å². The summed E-state index contributed by atoms with van der Waals surface area (Å²) in [6, 6.07) is 6.86. The van der Waals surface area contributed by atoms with E-state index in [1.807, 2.05) is 12.1 Å². The maximum absolute atomic E-state index is 11.4. The van der Waals surface area contributed by atoms with E-state index in [0.717, 1.165) is 37.9 Å². The molecule has 0 saturated carbocycles.